The van der Waals surface area contributed by atoms with Crippen LogP contribution < -0.4 is 20.1 Å². The summed E-state index contributed by atoms with van der Waals surface area (Å²) in [5.74, 6) is 2.58. The minimum absolute atomic E-state index is 0.755. The Morgan fingerprint density at radius 1 is 0.714 bits per heavy atom. The zero-order chi connectivity index (χ0) is 19.4. The highest BCUT2D eigenvalue weighted by molar-refractivity contribution is 5.56. The first-order valence-electron chi connectivity index (χ1n) is 9.87. The SMILES string of the molecule is CCCCOc1ccccc1NCCNc1ccc(Oc2ccccc2)cc1. The summed E-state index contributed by atoms with van der Waals surface area (Å²) in [6, 6.07) is 25.9. The van der Waals surface area contributed by atoms with Gasteiger partial charge in [0.1, 0.15) is 17.2 Å². The molecule has 3 aromatic carbocycles. The van der Waals surface area contributed by atoms with Gasteiger partial charge in [0.2, 0.25) is 0 Å². The Kier molecular flexibility index (Phi) is 7.62. The van der Waals surface area contributed by atoms with Gasteiger partial charge in [-0.15, -0.1) is 0 Å². The molecule has 0 amide bonds. The van der Waals surface area contributed by atoms with Gasteiger partial charge in [-0.25, -0.2) is 0 Å². The smallest absolute Gasteiger partial charge is 0.142 e. The number of nitrogens with one attached hydrogen (secondary N) is 2. The lowest BCUT2D eigenvalue weighted by Crippen LogP contribution is -2.14. The second-order valence-corrected chi connectivity index (χ2v) is 6.49. The first-order chi connectivity index (χ1) is 13.8. The maximum Gasteiger partial charge on any atom is 0.142 e. The molecule has 3 rings (SSSR count). The van der Waals surface area contributed by atoms with Crippen molar-refractivity contribution < 1.29 is 9.47 Å². The van der Waals surface area contributed by atoms with Crippen molar-refractivity contribution in [2.45, 2.75) is 19.8 Å². The molecule has 0 saturated heterocycles. The van der Waals surface area contributed by atoms with Crippen LogP contribution in [0.2, 0.25) is 0 Å². The highest BCUT2D eigenvalue weighted by Crippen LogP contribution is 2.24. The second-order valence-electron chi connectivity index (χ2n) is 6.49. The van der Waals surface area contributed by atoms with E-state index < -0.39 is 0 Å². The van der Waals surface area contributed by atoms with Crippen LogP contribution in [0.4, 0.5) is 11.4 Å². The average Bonchev–Trinajstić information content (AvgIpc) is 2.74. The molecule has 0 spiro atoms. The summed E-state index contributed by atoms with van der Waals surface area (Å²) >= 11 is 0. The molecule has 0 bridgehead atoms. The Hall–Kier alpha value is -3.14. The number of benzene rings is 3. The molecule has 4 heteroatoms. The van der Waals surface area contributed by atoms with E-state index in [1.807, 2.05) is 72.8 Å². The fourth-order valence-corrected chi connectivity index (χ4v) is 2.73. The lowest BCUT2D eigenvalue weighted by molar-refractivity contribution is 0.311. The van der Waals surface area contributed by atoms with Crippen molar-refractivity contribution in [1.82, 2.24) is 0 Å². The highest BCUT2D eigenvalue weighted by atomic mass is 16.5. The molecule has 0 aromatic heterocycles. The predicted molar refractivity (Wildman–Crippen MR) is 117 cm³/mol. The van der Waals surface area contributed by atoms with Gasteiger partial charge < -0.3 is 20.1 Å². The molecule has 0 aliphatic carbocycles. The van der Waals surface area contributed by atoms with E-state index in [2.05, 4.69) is 23.6 Å². The lowest BCUT2D eigenvalue weighted by Gasteiger charge is -2.14. The molecule has 3 aromatic rings. The van der Waals surface area contributed by atoms with Crippen molar-refractivity contribution in [3.63, 3.8) is 0 Å². The number of anilines is 2. The monoisotopic (exact) mass is 376 g/mol. The van der Waals surface area contributed by atoms with Crippen LogP contribution in [-0.4, -0.2) is 19.7 Å². The minimum Gasteiger partial charge on any atom is -0.491 e. The molecule has 0 aliphatic heterocycles. The maximum absolute atomic E-state index is 5.86. The molecule has 4 nitrogen and oxygen atoms in total. The van der Waals surface area contributed by atoms with Crippen LogP contribution in [0.15, 0.2) is 78.9 Å². The Morgan fingerprint density at radius 2 is 1.39 bits per heavy atom. The van der Waals surface area contributed by atoms with Crippen molar-refractivity contribution in [2.75, 3.05) is 30.3 Å². The van der Waals surface area contributed by atoms with Gasteiger partial charge in [-0.05, 0) is 55.0 Å². The summed E-state index contributed by atoms with van der Waals surface area (Å²) < 4.78 is 11.7. The molecule has 146 valence electrons. The fourth-order valence-electron chi connectivity index (χ4n) is 2.73. The minimum atomic E-state index is 0.755. The molecule has 0 heterocycles. The highest BCUT2D eigenvalue weighted by Gasteiger charge is 2.02. The summed E-state index contributed by atoms with van der Waals surface area (Å²) in [7, 11) is 0. The van der Waals surface area contributed by atoms with Gasteiger partial charge in [0.05, 0.1) is 12.3 Å². The number of ether oxygens (including phenoxy) is 2. The number of hydrogen-bond donors (Lipinski definition) is 2. The standard InChI is InChI=1S/C24H28N2O2/c1-2-3-19-27-24-12-8-7-11-23(24)26-18-17-25-20-13-15-22(16-14-20)28-21-9-5-4-6-10-21/h4-16,25-26H,2-3,17-19H2,1H3. The van der Waals surface area contributed by atoms with Crippen LogP contribution in [0.5, 0.6) is 17.2 Å². The number of rotatable bonds is 11. The Morgan fingerprint density at radius 3 is 2.18 bits per heavy atom. The first kappa shape index (κ1) is 19.6. The number of hydrogen-bond acceptors (Lipinski definition) is 4. The van der Waals surface area contributed by atoms with Gasteiger partial charge in [0, 0.05) is 18.8 Å². The summed E-state index contributed by atoms with van der Waals surface area (Å²) in [5.41, 5.74) is 2.10. The van der Waals surface area contributed by atoms with Crippen molar-refractivity contribution in [1.29, 1.82) is 0 Å². The molecular formula is C24H28N2O2. The third-order valence-corrected chi connectivity index (χ3v) is 4.25. The van der Waals surface area contributed by atoms with E-state index in [-0.39, 0.29) is 0 Å². The fraction of sp³-hybridized carbons (Fsp3) is 0.250. The molecular weight excluding hydrogens is 348 g/mol. The van der Waals surface area contributed by atoms with Crippen molar-refractivity contribution >= 4 is 11.4 Å². The van der Waals surface area contributed by atoms with E-state index in [1.165, 1.54) is 0 Å². The van der Waals surface area contributed by atoms with Crippen LogP contribution in [0.25, 0.3) is 0 Å². The van der Waals surface area contributed by atoms with Crippen LogP contribution in [0.1, 0.15) is 19.8 Å². The van der Waals surface area contributed by atoms with E-state index >= 15 is 0 Å². The Labute approximate surface area is 167 Å². The largest absolute Gasteiger partial charge is 0.491 e. The summed E-state index contributed by atoms with van der Waals surface area (Å²) in [6.07, 6.45) is 2.20. The van der Waals surface area contributed by atoms with Crippen molar-refractivity contribution in [3.8, 4) is 17.2 Å². The first-order valence-corrected chi connectivity index (χ1v) is 9.87. The zero-order valence-electron chi connectivity index (χ0n) is 16.4. The maximum atomic E-state index is 5.86. The molecule has 2 N–H and O–H groups in total. The third kappa shape index (κ3) is 6.23. The van der Waals surface area contributed by atoms with Crippen LogP contribution in [0, 0.1) is 0 Å². The summed E-state index contributed by atoms with van der Waals surface area (Å²) in [5, 5.41) is 6.86. The molecule has 0 aliphatic rings. The average molecular weight is 377 g/mol. The summed E-state index contributed by atoms with van der Waals surface area (Å²) in [6.45, 7) is 4.53. The van der Waals surface area contributed by atoms with E-state index in [1.54, 1.807) is 0 Å². The topological polar surface area (TPSA) is 42.5 Å². The molecule has 0 atom stereocenters. The van der Waals surface area contributed by atoms with Gasteiger partial charge in [0.15, 0.2) is 0 Å². The lowest BCUT2D eigenvalue weighted by atomic mass is 10.2. The predicted octanol–water partition coefficient (Wildman–Crippen LogP) is 6.18. The van der Waals surface area contributed by atoms with E-state index in [0.717, 1.165) is 61.2 Å². The molecule has 0 saturated carbocycles. The molecule has 0 unspecified atom stereocenters. The third-order valence-electron chi connectivity index (χ3n) is 4.25. The summed E-state index contributed by atoms with van der Waals surface area (Å²) in [4.78, 5) is 0. The number of unbranched alkanes of at least 4 members (excludes halogenated alkanes) is 1. The molecule has 0 radical (unpaired) electrons. The molecule has 0 fully saturated rings. The van der Waals surface area contributed by atoms with Crippen LogP contribution in [0.3, 0.4) is 0 Å². The van der Waals surface area contributed by atoms with Gasteiger partial charge >= 0.3 is 0 Å². The van der Waals surface area contributed by atoms with Gasteiger partial charge in [-0.2, -0.15) is 0 Å². The Bertz CT molecular complexity index is 820. The van der Waals surface area contributed by atoms with Gasteiger partial charge in [0.25, 0.3) is 0 Å². The second kappa shape index (κ2) is 10.9. The molecule has 28 heavy (non-hydrogen) atoms. The van der Waals surface area contributed by atoms with Gasteiger partial charge in [-0.3, -0.25) is 0 Å². The zero-order valence-corrected chi connectivity index (χ0v) is 16.4. The van der Waals surface area contributed by atoms with Crippen molar-refractivity contribution in [2.24, 2.45) is 0 Å². The quantitative estimate of drug-likeness (QED) is 0.392. The number of para-hydroxylation sites is 3. The normalized spacial score (nSPS) is 10.3. The van der Waals surface area contributed by atoms with E-state index in [4.69, 9.17) is 9.47 Å². The van der Waals surface area contributed by atoms with E-state index in [0.29, 0.717) is 0 Å². The van der Waals surface area contributed by atoms with Crippen LogP contribution in [-0.2, 0) is 0 Å². The van der Waals surface area contributed by atoms with Crippen molar-refractivity contribution in [3.05, 3.63) is 78.9 Å². The van der Waals surface area contributed by atoms with Crippen LogP contribution >= 0.6 is 0 Å². The Balaban J connectivity index is 1.43. The van der Waals surface area contributed by atoms with Gasteiger partial charge in [-0.1, -0.05) is 43.7 Å². The van der Waals surface area contributed by atoms with E-state index in [9.17, 15) is 0 Å².